The molecule has 1 aromatic rings. The van der Waals surface area contributed by atoms with Crippen LogP contribution in [0.2, 0.25) is 0 Å². The largest absolute Gasteiger partial charge is 0.371 e. The number of benzene rings is 1. The molecule has 15 heavy (non-hydrogen) atoms. The molecular formula is C13H18O2. The standard InChI is InChI=1S/C13H18O2/c1-13(2,15-3)12(14)10-9-11-7-5-4-6-8-11/h4-8H,9-10H2,1-3H3. The summed E-state index contributed by atoms with van der Waals surface area (Å²) in [6, 6.07) is 10.0. The van der Waals surface area contributed by atoms with Crippen LogP contribution in [0.25, 0.3) is 0 Å². The lowest BCUT2D eigenvalue weighted by Gasteiger charge is -2.20. The van der Waals surface area contributed by atoms with E-state index in [0.717, 1.165) is 6.42 Å². The highest BCUT2D eigenvalue weighted by Gasteiger charge is 2.25. The van der Waals surface area contributed by atoms with Crippen LogP contribution in [0.15, 0.2) is 30.3 Å². The van der Waals surface area contributed by atoms with Gasteiger partial charge in [-0.3, -0.25) is 4.79 Å². The van der Waals surface area contributed by atoms with Crippen molar-refractivity contribution in [2.45, 2.75) is 32.3 Å². The second-order valence-corrected chi connectivity index (χ2v) is 4.12. The predicted octanol–water partition coefficient (Wildman–Crippen LogP) is 2.61. The van der Waals surface area contributed by atoms with Gasteiger partial charge < -0.3 is 4.74 Å². The van der Waals surface area contributed by atoms with E-state index in [-0.39, 0.29) is 5.78 Å². The van der Waals surface area contributed by atoms with Crippen LogP contribution in [-0.4, -0.2) is 18.5 Å². The molecule has 0 heterocycles. The van der Waals surface area contributed by atoms with Crippen LogP contribution in [0.3, 0.4) is 0 Å². The Labute approximate surface area is 91.3 Å². The summed E-state index contributed by atoms with van der Waals surface area (Å²) < 4.78 is 5.14. The Morgan fingerprint density at radius 3 is 2.40 bits per heavy atom. The Bertz CT molecular complexity index is 315. The van der Waals surface area contributed by atoms with Crippen LogP contribution in [0, 0.1) is 0 Å². The molecule has 2 heteroatoms. The van der Waals surface area contributed by atoms with E-state index < -0.39 is 5.60 Å². The quantitative estimate of drug-likeness (QED) is 0.740. The first-order valence-electron chi connectivity index (χ1n) is 5.18. The summed E-state index contributed by atoms with van der Waals surface area (Å²) in [6.45, 7) is 3.61. The highest BCUT2D eigenvalue weighted by atomic mass is 16.5. The van der Waals surface area contributed by atoms with Crippen LogP contribution in [0.5, 0.6) is 0 Å². The molecule has 0 saturated heterocycles. The van der Waals surface area contributed by atoms with E-state index in [0.29, 0.717) is 6.42 Å². The minimum Gasteiger partial charge on any atom is -0.371 e. The van der Waals surface area contributed by atoms with E-state index in [1.54, 1.807) is 21.0 Å². The van der Waals surface area contributed by atoms with Crippen LogP contribution in [0.1, 0.15) is 25.8 Å². The van der Waals surface area contributed by atoms with Crippen molar-refractivity contribution < 1.29 is 9.53 Å². The van der Waals surface area contributed by atoms with Gasteiger partial charge in [0, 0.05) is 13.5 Å². The first-order valence-corrected chi connectivity index (χ1v) is 5.18. The number of aryl methyl sites for hydroxylation is 1. The van der Waals surface area contributed by atoms with E-state index in [1.165, 1.54) is 5.56 Å². The fourth-order valence-electron chi connectivity index (χ4n) is 1.32. The number of carbonyl (C=O) groups excluding carboxylic acids is 1. The number of hydrogen-bond acceptors (Lipinski definition) is 2. The zero-order chi connectivity index (χ0) is 11.3. The van der Waals surface area contributed by atoms with Crippen molar-refractivity contribution in [2.75, 3.05) is 7.11 Å². The molecule has 0 amide bonds. The monoisotopic (exact) mass is 206 g/mol. The molecule has 0 atom stereocenters. The van der Waals surface area contributed by atoms with Gasteiger partial charge in [0.25, 0.3) is 0 Å². The zero-order valence-electron chi connectivity index (χ0n) is 9.62. The van der Waals surface area contributed by atoms with Gasteiger partial charge >= 0.3 is 0 Å². The van der Waals surface area contributed by atoms with Crippen LogP contribution >= 0.6 is 0 Å². The Hall–Kier alpha value is -1.15. The lowest BCUT2D eigenvalue weighted by Crippen LogP contribution is -2.33. The lowest BCUT2D eigenvalue weighted by molar-refractivity contribution is -0.137. The summed E-state index contributed by atoms with van der Waals surface area (Å²) in [6.07, 6.45) is 1.32. The number of carbonyl (C=O) groups is 1. The molecule has 0 aliphatic heterocycles. The fourth-order valence-corrected chi connectivity index (χ4v) is 1.32. The van der Waals surface area contributed by atoms with E-state index in [2.05, 4.69) is 0 Å². The van der Waals surface area contributed by atoms with Crippen molar-refractivity contribution in [1.29, 1.82) is 0 Å². The maximum Gasteiger partial charge on any atom is 0.164 e. The summed E-state index contributed by atoms with van der Waals surface area (Å²) in [7, 11) is 1.57. The van der Waals surface area contributed by atoms with E-state index in [9.17, 15) is 4.79 Å². The summed E-state index contributed by atoms with van der Waals surface area (Å²) in [5.74, 6) is 0.147. The topological polar surface area (TPSA) is 26.3 Å². The number of ketones is 1. The van der Waals surface area contributed by atoms with Gasteiger partial charge in [-0.25, -0.2) is 0 Å². The lowest BCUT2D eigenvalue weighted by atomic mass is 9.97. The molecule has 0 N–H and O–H groups in total. The van der Waals surface area contributed by atoms with Gasteiger partial charge in [-0.05, 0) is 25.8 Å². The highest BCUT2D eigenvalue weighted by molar-refractivity contribution is 5.86. The molecule has 1 aromatic carbocycles. The van der Waals surface area contributed by atoms with E-state index in [1.807, 2.05) is 30.3 Å². The Balaban J connectivity index is 2.48. The molecule has 2 nitrogen and oxygen atoms in total. The molecule has 0 radical (unpaired) electrons. The Kier molecular flexibility index (Phi) is 4.04. The average molecular weight is 206 g/mol. The normalized spacial score (nSPS) is 11.4. The summed E-state index contributed by atoms with van der Waals surface area (Å²) in [5, 5.41) is 0. The van der Waals surface area contributed by atoms with Crippen molar-refractivity contribution in [2.24, 2.45) is 0 Å². The molecule has 0 spiro atoms. The third-order valence-corrected chi connectivity index (χ3v) is 2.67. The van der Waals surface area contributed by atoms with Crippen molar-refractivity contribution in [3.63, 3.8) is 0 Å². The molecule has 0 aromatic heterocycles. The fraction of sp³-hybridized carbons (Fsp3) is 0.462. The number of Topliss-reactive ketones (excluding diaryl/α,β-unsaturated/α-hetero) is 1. The Morgan fingerprint density at radius 1 is 1.27 bits per heavy atom. The Morgan fingerprint density at radius 2 is 1.87 bits per heavy atom. The maximum atomic E-state index is 11.7. The van der Waals surface area contributed by atoms with Crippen molar-refractivity contribution >= 4 is 5.78 Å². The molecule has 0 saturated carbocycles. The molecule has 1 rings (SSSR count). The van der Waals surface area contributed by atoms with Crippen molar-refractivity contribution in [1.82, 2.24) is 0 Å². The summed E-state index contributed by atoms with van der Waals surface area (Å²) in [4.78, 5) is 11.7. The third-order valence-electron chi connectivity index (χ3n) is 2.67. The summed E-state index contributed by atoms with van der Waals surface area (Å²) in [5.41, 5.74) is 0.534. The van der Waals surface area contributed by atoms with Crippen molar-refractivity contribution in [3.8, 4) is 0 Å². The number of hydrogen-bond donors (Lipinski definition) is 0. The maximum absolute atomic E-state index is 11.7. The molecule has 0 aliphatic rings. The van der Waals surface area contributed by atoms with E-state index in [4.69, 9.17) is 4.74 Å². The number of methoxy groups -OCH3 is 1. The molecule has 82 valence electrons. The van der Waals surface area contributed by atoms with Gasteiger partial charge in [0.1, 0.15) is 5.60 Å². The first kappa shape index (κ1) is 11.9. The zero-order valence-corrected chi connectivity index (χ0v) is 9.62. The average Bonchev–Trinajstić information content (AvgIpc) is 2.27. The SMILES string of the molecule is COC(C)(C)C(=O)CCc1ccccc1. The molecule has 0 aliphatic carbocycles. The van der Waals surface area contributed by atoms with Gasteiger partial charge in [-0.15, -0.1) is 0 Å². The molecule has 0 fully saturated rings. The summed E-state index contributed by atoms with van der Waals surface area (Å²) >= 11 is 0. The molecule has 0 bridgehead atoms. The van der Waals surface area contributed by atoms with Gasteiger partial charge in [-0.2, -0.15) is 0 Å². The smallest absolute Gasteiger partial charge is 0.164 e. The number of ether oxygens (including phenoxy) is 1. The van der Waals surface area contributed by atoms with Crippen LogP contribution < -0.4 is 0 Å². The minimum absolute atomic E-state index is 0.147. The van der Waals surface area contributed by atoms with Gasteiger partial charge in [0.05, 0.1) is 0 Å². The molecular weight excluding hydrogens is 188 g/mol. The van der Waals surface area contributed by atoms with Gasteiger partial charge in [0.15, 0.2) is 5.78 Å². The van der Waals surface area contributed by atoms with Crippen molar-refractivity contribution in [3.05, 3.63) is 35.9 Å². The number of rotatable bonds is 5. The van der Waals surface area contributed by atoms with Crippen LogP contribution in [-0.2, 0) is 16.0 Å². The molecule has 0 unspecified atom stereocenters. The highest BCUT2D eigenvalue weighted by Crippen LogP contribution is 2.13. The van der Waals surface area contributed by atoms with Crippen LogP contribution in [0.4, 0.5) is 0 Å². The van der Waals surface area contributed by atoms with Gasteiger partial charge in [-0.1, -0.05) is 30.3 Å². The second-order valence-electron chi connectivity index (χ2n) is 4.12. The minimum atomic E-state index is -0.658. The predicted molar refractivity (Wildman–Crippen MR) is 60.9 cm³/mol. The first-order chi connectivity index (χ1) is 7.06. The van der Waals surface area contributed by atoms with Gasteiger partial charge in [0.2, 0.25) is 0 Å². The van der Waals surface area contributed by atoms with E-state index >= 15 is 0 Å². The second kappa shape index (κ2) is 5.08. The third kappa shape index (κ3) is 3.48.